The normalized spacial score (nSPS) is 20.3. The van der Waals surface area contributed by atoms with Crippen LogP contribution in [0.3, 0.4) is 0 Å². The summed E-state index contributed by atoms with van der Waals surface area (Å²) in [6.45, 7) is 5.53. The number of aromatic nitrogens is 1. The lowest BCUT2D eigenvalue weighted by atomic mass is 9.63. The van der Waals surface area contributed by atoms with Crippen LogP contribution in [0.25, 0.3) is 10.9 Å². The Labute approximate surface area is 289 Å². The smallest absolute Gasteiger partial charge is 0.406 e. The molecule has 0 unspecified atom stereocenters. The van der Waals surface area contributed by atoms with Crippen LogP contribution in [0.4, 0.5) is 24.5 Å². The molecule has 3 aliphatic rings. The van der Waals surface area contributed by atoms with Gasteiger partial charge in [-0.05, 0) is 112 Å². The monoisotopic (exact) mass is 679 g/mol. The molecule has 1 amide bonds. The summed E-state index contributed by atoms with van der Waals surface area (Å²) in [4.78, 5) is 17.0. The van der Waals surface area contributed by atoms with Crippen molar-refractivity contribution < 1.29 is 22.7 Å². The van der Waals surface area contributed by atoms with Crippen LogP contribution in [0.2, 0.25) is 0 Å². The third-order valence-corrected chi connectivity index (χ3v) is 10.9. The van der Waals surface area contributed by atoms with Gasteiger partial charge >= 0.3 is 6.18 Å². The molecule has 1 aliphatic heterocycles. The zero-order valence-corrected chi connectivity index (χ0v) is 29.7. The highest BCUT2D eigenvalue weighted by Crippen LogP contribution is 2.49. The number of methoxy groups -OCH3 is 1. The third kappa shape index (κ3) is 8.31. The van der Waals surface area contributed by atoms with Gasteiger partial charge in [0.25, 0.3) is 5.91 Å². The van der Waals surface area contributed by atoms with E-state index in [1.807, 2.05) is 26.0 Å². The summed E-state index contributed by atoms with van der Waals surface area (Å²) in [6.07, 6.45) is 7.04. The molecule has 0 atom stereocenters. The summed E-state index contributed by atoms with van der Waals surface area (Å²) in [5, 5.41) is 6.52. The number of benzene rings is 2. The number of fused-ring (bicyclic) bond motifs is 1. The highest BCUT2D eigenvalue weighted by Gasteiger charge is 2.41. The minimum Gasteiger partial charge on any atom is -0.495 e. The zero-order valence-electron chi connectivity index (χ0n) is 29.7. The summed E-state index contributed by atoms with van der Waals surface area (Å²) in [6, 6.07) is 13.4. The van der Waals surface area contributed by atoms with Crippen molar-refractivity contribution >= 4 is 28.2 Å². The predicted octanol–water partition coefficient (Wildman–Crippen LogP) is 8.08. The molecule has 0 radical (unpaired) electrons. The van der Waals surface area contributed by atoms with Crippen LogP contribution >= 0.6 is 0 Å². The molecule has 6 rings (SSSR count). The molecule has 266 valence electrons. The van der Waals surface area contributed by atoms with E-state index in [-0.39, 0.29) is 12.5 Å². The molecule has 2 heterocycles. The van der Waals surface area contributed by atoms with Crippen LogP contribution in [0, 0.1) is 17.3 Å². The number of halogens is 3. The van der Waals surface area contributed by atoms with E-state index in [1.54, 1.807) is 37.4 Å². The molecule has 10 heteroatoms. The first kappa shape index (κ1) is 36.4. The van der Waals surface area contributed by atoms with E-state index in [0.717, 1.165) is 36.8 Å². The number of hydrogen-bond donors (Lipinski definition) is 2. The number of carbonyl (C=O) groups is 1. The zero-order chi connectivity index (χ0) is 35.2. The quantitative estimate of drug-likeness (QED) is 0.236. The van der Waals surface area contributed by atoms with Crippen LogP contribution in [-0.4, -0.2) is 74.5 Å². The van der Waals surface area contributed by atoms with Crippen molar-refractivity contribution in [1.82, 2.24) is 14.8 Å². The number of alkyl halides is 3. The maximum Gasteiger partial charge on any atom is 0.406 e. The Morgan fingerprint density at radius 1 is 1.04 bits per heavy atom. The minimum atomic E-state index is -4.40. The number of amides is 1. The fourth-order valence-corrected chi connectivity index (χ4v) is 7.97. The van der Waals surface area contributed by atoms with E-state index >= 15 is 0 Å². The molecule has 2 saturated carbocycles. The van der Waals surface area contributed by atoms with E-state index in [4.69, 9.17) is 4.74 Å². The van der Waals surface area contributed by atoms with Gasteiger partial charge in [-0.1, -0.05) is 32.3 Å². The van der Waals surface area contributed by atoms with Crippen LogP contribution in [-0.2, 0) is 6.54 Å². The van der Waals surface area contributed by atoms with E-state index in [2.05, 4.69) is 39.3 Å². The molecule has 1 aromatic heterocycles. The molecule has 3 aromatic rings. The molecule has 3 fully saturated rings. The molecular formula is C39H52F3N5O2. The third-order valence-electron chi connectivity index (χ3n) is 10.9. The molecule has 7 nitrogen and oxygen atoms in total. The first-order valence-corrected chi connectivity index (χ1v) is 17.9. The topological polar surface area (TPSA) is 61.8 Å². The summed E-state index contributed by atoms with van der Waals surface area (Å²) >= 11 is 0. The number of likely N-dealkylation sites (tertiary alicyclic amines) is 1. The Kier molecular flexibility index (Phi) is 11.7. The predicted molar refractivity (Wildman–Crippen MR) is 193 cm³/mol. The van der Waals surface area contributed by atoms with Crippen molar-refractivity contribution in [3.63, 3.8) is 0 Å². The molecule has 0 bridgehead atoms. The van der Waals surface area contributed by atoms with Gasteiger partial charge in [0.05, 0.1) is 30.6 Å². The molecule has 2 aromatic carbocycles. The van der Waals surface area contributed by atoms with Crippen molar-refractivity contribution in [1.29, 1.82) is 0 Å². The number of rotatable bonds is 8. The average Bonchev–Trinajstić information content (AvgIpc) is 3.45. The number of ether oxygens (including phenoxy) is 1. The second-order valence-corrected chi connectivity index (χ2v) is 13.6. The average molecular weight is 680 g/mol. The number of nitrogens with zero attached hydrogens (tertiary/aromatic N) is 3. The summed E-state index contributed by atoms with van der Waals surface area (Å²) in [5.74, 6) is 6.23. The number of anilines is 2. The fourth-order valence-electron chi connectivity index (χ4n) is 7.97. The molecular weight excluding hydrogens is 627 g/mol. The van der Waals surface area contributed by atoms with E-state index < -0.39 is 12.7 Å². The van der Waals surface area contributed by atoms with Crippen LogP contribution < -0.4 is 20.3 Å². The van der Waals surface area contributed by atoms with Gasteiger partial charge in [0.1, 0.15) is 12.3 Å². The molecule has 1 spiro atoms. The van der Waals surface area contributed by atoms with Crippen LogP contribution in [0.1, 0.15) is 87.7 Å². The standard InChI is InChI=1S/C37H46F3N5O2.C2H6/c1-41-35(46)26-10-15-31(34(23-26)47-3)42-20-5-7-29-24-30-32(8-4-9-33(30)45(29)25-37(38,39)40)43(2)27-11-13-28(14-12-27)44-21-18-36(19-22-44)16-6-17-36;1-2/h4,8-10,15,23-24,27-28,42H,6,11-14,16-22,25H2,1-3H3,(H,41,46);1-2H3. The Balaban J connectivity index is 0.00000230. The molecule has 1 saturated heterocycles. The maximum absolute atomic E-state index is 13.8. The second-order valence-electron chi connectivity index (χ2n) is 13.6. The van der Waals surface area contributed by atoms with Gasteiger partial charge in [0.2, 0.25) is 0 Å². The summed E-state index contributed by atoms with van der Waals surface area (Å²) in [5.41, 5.74) is 3.53. The molecule has 49 heavy (non-hydrogen) atoms. The Morgan fingerprint density at radius 3 is 2.37 bits per heavy atom. The minimum absolute atomic E-state index is 0.178. The number of piperidine rings is 1. The lowest BCUT2D eigenvalue weighted by Crippen LogP contribution is -2.49. The number of carbonyl (C=O) groups excluding carboxylic acids is 1. The summed E-state index contributed by atoms with van der Waals surface area (Å²) < 4.78 is 48.1. The van der Waals surface area contributed by atoms with Gasteiger partial charge in [0.15, 0.2) is 0 Å². The van der Waals surface area contributed by atoms with Gasteiger partial charge in [-0.25, -0.2) is 0 Å². The van der Waals surface area contributed by atoms with Crippen LogP contribution in [0.15, 0.2) is 42.5 Å². The highest BCUT2D eigenvalue weighted by molar-refractivity contribution is 5.95. The van der Waals surface area contributed by atoms with Crippen molar-refractivity contribution in [2.45, 2.75) is 96.4 Å². The van der Waals surface area contributed by atoms with Crippen molar-refractivity contribution in [2.75, 3.05) is 51.1 Å². The number of nitrogens with one attached hydrogen (secondary N) is 2. The Hall–Kier alpha value is -3.84. The van der Waals surface area contributed by atoms with Crippen molar-refractivity contribution in [2.24, 2.45) is 5.41 Å². The first-order chi connectivity index (χ1) is 23.6. The van der Waals surface area contributed by atoms with Gasteiger partial charge in [-0.15, -0.1) is 0 Å². The SMILES string of the molecule is CC.CNC(=O)c1ccc(NCC#Cc2cc3c(N(C)C4CCC(N5CCC6(CCC6)CC5)CC4)cccc3n2CC(F)(F)F)c(OC)c1. The largest absolute Gasteiger partial charge is 0.495 e. The van der Waals surface area contributed by atoms with Gasteiger partial charge < -0.3 is 29.7 Å². The van der Waals surface area contributed by atoms with Crippen molar-refractivity contribution in [3.05, 3.63) is 53.7 Å². The van der Waals surface area contributed by atoms with E-state index in [0.29, 0.717) is 45.7 Å². The number of hydrogen-bond acceptors (Lipinski definition) is 5. The second kappa shape index (κ2) is 15.8. The van der Waals surface area contributed by atoms with Crippen LogP contribution in [0.5, 0.6) is 5.75 Å². The van der Waals surface area contributed by atoms with Gasteiger partial charge in [-0.3, -0.25) is 4.79 Å². The molecule has 2 N–H and O–H groups in total. The van der Waals surface area contributed by atoms with Gasteiger partial charge in [0, 0.05) is 42.8 Å². The fraction of sp³-hybridized carbons (Fsp3) is 0.564. The van der Waals surface area contributed by atoms with E-state index in [1.165, 1.54) is 56.9 Å². The maximum atomic E-state index is 13.8. The Morgan fingerprint density at radius 2 is 1.76 bits per heavy atom. The highest BCUT2D eigenvalue weighted by atomic mass is 19.4. The first-order valence-electron chi connectivity index (χ1n) is 17.9. The molecule has 2 aliphatic carbocycles. The van der Waals surface area contributed by atoms with Crippen molar-refractivity contribution in [3.8, 4) is 17.6 Å². The Bertz CT molecular complexity index is 1630. The van der Waals surface area contributed by atoms with E-state index in [9.17, 15) is 18.0 Å². The lowest BCUT2D eigenvalue weighted by molar-refractivity contribution is -0.140. The lowest BCUT2D eigenvalue weighted by Gasteiger charge is -2.50. The van der Waals surface area contributed by atoms with Gasteiger partial charge in [-0.2, -0.15) is 13.2 Å². The summed E-state index contributed by atoms with van der Waals surface area (Å²) in [7, 11) is 5.15.